The van der Waals surface area contributed by atoms with Gasteiger partial charge in [-0.2, -0.15) is 5.26 Å². The third-order valence-electron chi connectivity index (χ3n) is 5.22. The summed E-state index contributed by atoms with van der Waals surface area (Å²) in [6.07, 6.45) is -3.31. The molecule has 172 valence electrons. The second-order valence-electron chi connectivity index (χ2n) is 7.50. The molecule has 7 nitrogen and oxygen atoms in total. The smallest absolute Gasteiger partial charge is 0.406 e. The number of ether oxygens (including phenoxy) is 1. The molecule has 0 saturated carbocycles. The van der Waals surface area contributed by atoms with Gasteiger partial charge >= 0.3 is 6.36 Å². The first-order chi connectivity index (χ1) is 16.2. The number of pyridine rings is 1. The van der Waals surface area contributed by atoms with Crippen LogP contribution >= 0.6 is 0 Å². The number of fused-ring (bicyclic) bond motifs is 1. The molecule has 10 heteroatoms. The predicted octanol–water partition coefficient (Wildman–Crippen LogP) is 3.87. The van der Waals surface area contributed by atoms with Crippen molar-refractivity contribution in [3.8, 4) is 11.8 Å². The van der Waals surface area contributed by atoms with E-state index in [9.17, 15) is 22.8 Å². The molecular weight excluding hydrogens is 449 g/mol. The zero-order valence-corrected chi connectivity index (χ0v) is 17.5. The van der Waals surface area contributed by atoms with Crippen LogP contribution in [0.3, 0.4) is 0 Å². The molecule has 34 heavy (non-hydrogen) atoms. The minimum absolute atomic E-state index is 0.0459. The first kappa shape index (κ1) is 22.8. The summed E-state index contributed by atoms with van der Waals surface area (Å²) >= 11 is 0. The SMILES string of the molecule is N#Cc1ccc(CN2C(=O)c3ccccc3C2C(=O)NCc2ccc(OC(F)(F)F)cc2)cn1. The van der Waals surface area contributed by atoms with E-state index in [4.69, 9.17) is 5.26 Å². The van der Waals surface area contributed by atoms with Crippen LogP contribution in [0.25, 0.3) is 0 Å². The first-order valence-electron chi connectivity index (χ1n) is 10.1. The Balaban J connectivity index is 1.50. The molecule has 1 aromatic heterocycles. The van der Waals surface area contributed by atoms with Crippen molar-refractivity contribution < 1.29 is 27.5 Å². The summed E-state index contributed by atoms with van der Waals surface area (Å²) in [5.74, 6) is -1.11. The minimum Gasteiger partial charge on any atom is -0.406 e. The number of nitrogens with one attached hydrogen (secondary N) is 1. The predicted molar refractivity (Wildman–Crippen MR) is 113 cm³/mol. The zero-order chi connectivity index (χ0) is 24.3. The standard InChI is InChI=1S/C24H17F3N4O3/c25-24(26,27)34-18-9-6-15(7-10-18)12-30-22(32)21-19-3-1-2-4-20(19)23(33)31(21)14-16-5-8-17(11-28)29-13-16/h1-10,13,21H,12,14H2,(H,30,32). The van der Waals surface area contributed by atoms with Crippen LogP contribution in [0.15, 0.2) is 66.9 Å². The fraction of sp³-hybridized carbons (Fsp3) is 0.167. The van der Waals surface area contributed by atoms with Gasteiger partial charge in [-0.05, 0) is 41.0 Å². The van der Waals surface area contributed by atoms with Crippen LogP contribution in [-0.4, -0.2) is 28.1 Å². The molecule has 2 aromatic carbocycles. The van der Waals surface area contributed by atoms with Gasteiger partial charge in [0.2, 0.25) is 5.91 Å². The lowest BCUT2D eigenvalue weighted by Crippen LogP contribution is -2.38. The number of carbonyl (C=O) groups is 2. The molecule has 1 aliphatic rings. The van der Waals surface area contributed by atoms with E-state index in [-0.39, 0.29) is 30.4 Å². The molecule has 1 N–H and O–H groups in total. The Labute approximate surface area is 192 Å². The number of benzene rings is 2. The highest BCUT2D eigenvalue weighted by Gasteiger charge is 2.40. The lowest BCUT2D eigenvalue weighted by Gasteiger charge is -2.24. The van der Waals surface area contributed by atoms with Crippen molar-refractivity contribution in [2.24, 2.45) is 0 Å². The largest absolute Gasteiger partial charge is 0.573 e. The Morgan fingerprint density at radius 3 is 2.44 bits per heavy atom. The van der Waals surface area contributed by atoms with Gasteiger partial charge in [-0.3, -0.25) is 9.59 Å². The number of halogens is 3. The van der Waals surface area contributed by atoms with Crippen molar-refractivity contribution in [2.75, 3.05) is 0 Å². The van der Waals surface area contributed by atoms with Gasteiger partial charge < -0.3 is 15.0 Å². The van der Waals surface area contributed by atoms with Crippen LogP contribution in [0, 0.1) is 11.3 Å². The van der Waals surface area contributed by atoms with E-state index >= 15 is 0 Å². The summed E-state index contributed by atoms with van der Waals surface area (Å²) in [5.41, 5.74) is 2.42. The molecule has 2 heterocycles. The van der Waals surface area contributed by atoms with Crippen LogP contribution in [-0.2, 0) is 17.9 Å². The summed E-state index contributed by atoms with van der Waals surface area (Å²) in [6, 6.07) is 16.2. The molecule has 3 aromatic rings. The maximum Gasteiger partial charge on any atom is 0.573 e. The van der Waals surface area contributed by atoms with Crippen molar-refractivity contribution in [1.29, 1.82) is 5.26 Å². The molecular formula is C24H17F3N4O3. The lowest BCUT2D eigenvalue weighted by atomic mass is 10.0. The number of nitrogens with zero attached hydrogens (tertiary/aromatic N) is 3. The highest BCUT2D eigenvalue weighted by molar-refractivity contribution is 6.04. The average molecular weight is 466 g/mol. The summed E-state index contributed by atoms with van der Waals surface area (Å²) < 4.78 is 40.8. The van der Waals surface area contributed by atoms with Gasteiger partial charge in [-0.15, -0.1) is 13.2 Å². The maximum absolute atomic E-state index is 13.1. The summed E-state index contributed by atoms with van der Waals surface area (Å²) in [7, 11) is 0. The monoisotopic (exact) mass is 466 g/mol. The van der Waals surface area contributed by atoms with E-state index in [1.165, 1.54) is 29.3 Å². The second kappa shape index (κ2) is 9.23. The number of carbonyl (C=O) groups excluding carboxylic acids is 2. The molecule has 1 unspecified atom stereocenters. The van der Waals surface area contributed by atoms with Gasteiger partial charge in [-0.1, -0.05) is 36.4 Å². The van der Waals surface area contributed by atoms with Gasteiger partial charge in [-0.25, -0.2) is 4.98 Å². The fourth-order valence-electron chi connectivity index (χ4n) is 3.69. The first-order valence-corrected chi connectivity index (χ1v) is 10.1. The van der Waals surface area contributed by atoms with E-state index in [0.29, 0.717) is 22.3 Å². The molecule has 0 aliphatic carbocycles. The molecule has 0 bridgehead atoms. The van der Waals surface area contributed by atoms with Crippen molar-refractivity contribution in [2.45, 2.75) is 25.5 Å². The average Bonchev–Trinajstić information content (AvgIpc) is 3.09. The fourth-order valence-corrected chi connectivity index (χ4v) is 3.69. The number of hydrogen-bond acceptors (Lipinski definition) is 5. The van der Waals surface area contributed by atoms with Crippen molar-refractivity contribution in [3.63, 3.8) is 0 Å². The van der Waals surface area contributed by atoms with Crippen molar-refractivity contribution >= 4 is 11.8 Å². The number of hydrogen-bond donors (Lipinski definition) is 1. The van der Waals surface area contributed by atoms with Gasteiger partial charge in [0.1, 0.15) is 23.6 Å². The van der Waals surface area contributed by atoms with Crippen molar-refractivity contribution in [1.82, 2.24) is 15.2 Å². The Morgan fingerprint density at radius 2 is 1.79 bits per heavy atom. The van der Waals surface area contributed by atoms with Crippen LogP contribution in [0.5, 0.6) is 5.75 Å². The molecule has 4 rings (SSSR count). The van der Waals surface area contributed by atoms with Crippen LogP contribution in [0.1, 0.15) is 38.8 Å². The van der Waals surface area contributed by atoms with Gasteiger partial charge in [0.25, 0.3) is 5.91 Å². The van der Waals surface area contributed by atoms with E-state index in [1.54, 1.807) is 30.3 Å². The summed E-state index contributed by atoms with van der Waals surface area (Å²) in [4.78, 5) is 31.6. The highest BCUT2D eigenvalue weighted by atomic mass is 19.4. The molecule has 0 radical (unpaired) electrons. The number of aromatic nitrogens is 1. The molecule has 1 atom stereocenters. The third kappa shape index (κ3) is 4.99. The van der Waals surface area contributed by atoms with Crippen molar-refractivity contribution in [3.05, 3.63) is 94.8 Å². The molecule has 1 aliphatic heterocycles. The Hall–Kier alpha value is -4.39. The maximum atomic E-state index is 13.1. The number of nitriles is 1. The molecule has 0 fully saturated rings. The van der Waals surface area contributed by atoms with E-state index in [1.807, 2.05) is 6.07 Å². The van der Waals surface area contributed by atoms with Crippen LogP contribution < -0.4 is 10.1 Å². The topological polar surface area (TPSA) is 95.3 Å². The third-order valence-corrected chi connectivity index (χ3v) is 5.22. The number of amides is 2. The molecule has 0 saturated heterocycles. The Morgan fingerprint density at radius 1 is 1.09 bits per heavy atom. The van der Waals surface area contributed by atoms with Gasteiger partial charge in [0.15, 0.2) is 0 Å². The van der Waals surface area contributed by atoms with E-state index in [0.717, 1.165) is 12.1 Å². The number of alkyl halides is 3. The normalized spacial score (nSPS) is 14.9. The molecule has 0 spiro atoms. The van der Waals surface area contributed by atoms with E-state index < -0.39 is 18.3 Å². The summed E-state index contributed by atoms with van der Waals surface area (Å²) in [5, 5.41) is 11.7. The Bertz CT molecular complexity index is 1250. The highest BCUT2D eigenvalue weighted by Crippen LogP contribution is 2.35. The van der Waals surface area contributed by atoms with Crippen LogP contribution in [0.2, 0.25) is 0 Å². The second-order valence-corrected chi connectivity index (χ2v) is 7.50. The Kier molecular flexibility index (Phi) is 6.19. The zero-order valence-electron chi connectivity index (χ0n) is 17.5. The van der Waals surface area contributed by atoms with Gasteiger partial charge in [0, 0.05) is 24.8 Å². The lowest BCUT2D eigenvalue weighted by molar-refractivity contribution is -0.274. The summed E-state index contributed by atoms with van der Waals surface area (Å²) in [6.45, 7) is 0.151. The van der Waals surface area contributed by atoms with E-state index in [2.05, 4.69) is 15.0 Å². The van der Waals surface area contributed by atoms with Crippen LogP contribution in [0.4, 0.5) is 13.2 Å². The minimum atomic E-state index is -4.79. The molecule has 2 amide bonds. The number of rotatable bonds is 6. The van der Waals surface area contributed by atoms with Gasteiger partial charge in [0.05, 0.1) is 0 Å². The quantitative estimate of drug-likeness (QED) is 0.595.